The van der Waals surface area contributed by atoms with Crippen LogP contribution < -0.4 is 0 Å². The zero-order chi connectivity index (χ0) is 22.6. The third kappa shape index (κ3) is 28.3. The van der Waals surface area contributed by atoms with Crippen LogP contribution in [-0.2, 0) is 0 Å². The minimum Gasteiger partial charge on any atom is -0.171 e. The highest BCUT2D eigenvalue weighted by molar-refractivity contribution is 8.76. The van der Waals surface area contributed by atoms with E-state index in [1.54, 1.807) is 0 Å². The first-order valence-electron chi connectivity index (χ1n) is 11.6. The first kappa shape index (κ1) is 30.3. The van der Waals surface area contributed by atoms with E-state index in [4.69, 9.17) is 0 Å². The molecule has 182 valence electrons. The Bertz CT molecular complexity index is 325. The average molecular weight is 483 g/mol. The molecule has 0 amide bonds. The molecule has 8 heteroatoms. The van der Waals surface area contributed by atoms with Gasteiger partial charge in [-0.15, -0.1) is 0 Å². The molecular weight excluding hydrogens is 442 g/mol. The van der Waals surface area contributed by atoms with Crippen molar-refractivity contribution in [3.05, 3.63) is 0 Å². The van der Waals surface area contributed by atoms with Crippen LogP contribution in [0.2, 0.25) is 0 Å². The zero-order valence-electron chi connectivity index (χ0n) is 18.2. The van der Waals surface area contributed by atoms with Crippen LogP contribution in [0.4, 0.5) is 26.3 Å². The molecule has 0 fully saturated rings. The summed E-state index contributed by atoms with van der Waals surface area (Å²) < 4.78 is 72.0. The largest absolute Gasteiger partial charge is 0.389 e. The van der Waals surface area contributed by atoms with Gasteiger partial charge in [0.15, 0.2) is 0 Å². The van der Waals surface area contributed by atoms with Gasteiger partial charge in [0.2, 0.25) is 0 Å². The molecule has 0 heterocycles. The Balaban J connectivity index is 3.07. The van der Waals surface area contributed by atoms with Crippen molar-refractivity contribution in [3.63, 3.8) is 0 Å². The maximum atomic E-state index is 12.0. The van der Waals surface area contributed by atoms with Crippen molar-refractivity contribution in [2.24, 2.45) is 0 Å². The lowest BCUT2D eigenvalue weighted by Crippen LogP contribution is -2.06. The molecule has 0 aliphatic heterocycles. The van der Waals surface area contributed by atoms with Gasteiger partial charge >= 0.3 is 12.4 Å². The number of rotatable bonds is 21. The summed E-state index contributed by atoms with van der Waals surface area (Å²) in [4.78, 5) is 0. The van der Waals surface area contributed by atoms with Crippen LogP contribution in [0.15, 0.2) is 0 Å². The molecule has 0 unspecified atom stereocenters. The lowest BCUT2D eigenvalue weighted by atomic mass is 10.1. The molecule has 0 aliphatic rings. The van der Waals surface area contributed by atoms with Crippen molar-refractivity contribution >= 4 is 21.6 Å². The summed E-state index contributed by atoms with van der Waals surface area (Å²) in [5.74, 6) is 2.32. The summed E-state index contributed by atoms with van der Waals surface area (Å²) in [7, 11) is 3.86. The first-order chi connectivity index (χ1) is 14.2. The number of halogens is 6. The van der Waals surface area contributed by atoms with Gasteiger partial charge in [-0.3, -0.25) is 0 Å². The van der Waals surface area contributed by atoms with Gasteiger partial charge in [0.25, 0.3) is 0 Å². The Morgan fingerprint density at radius 2 is 0.567 bits per heavy atom. The van der Waals surface area contributed by atoms with E-state index in [9.17, 15) is 26.3 Å². The standard InChI is InChI=1S/C22H40F6S2/c23-21(24,25)17-13-9-5-1-3-7-11-15-19-29-30-20-16-12-8-4-2-6-10-14-18-22(26,27)28/h1-20H2. The molecule has 0 aromatic carbocycles. The van der Waals surface area contributed by atoms with E-state index in [-0.39, 0.29) is 12.8 Å². The van der Waals surface area contributed by atoms with E-state index in [1.165, 1.54) is 38.5 Å². The van der Waals surface area contributed by atoms with Crippen molar-refractivity contribution < 1.29 is 26.3 Å². The quantitative estimate of drug-likeness (QED) is 0.0906. The topological polar surface area (TPSA) is 0 Å². The van der Waals surface area contributed by atoms with Crippen molar-refractivity contribution in [2.45, 2.75) is 128 Å². The number of hydrogen-bond acceptors (Lipinski definition) is 2. The number of unbranched alkanes of at least 4 members (excludes halogenated alkanes) is 14. The lowest BCUT2D eigenvalue weighted by molar-refractivity contribution is -0.136. The zero-order valence-corrected chi connectivity index (χ0v) is 19.9. The first-order valence-corrected chi connectivity index (χ1v) is 14.1. The van der Waals surface area contributed by atoms with Gasteiger partial charge in [-0.1, -0.05) is 98.6 Å². The summed E-state index contributed by atoms with van der Waals surface area (Å²) in [6.07, 6.45) is 6.01. The summed E-state index contributed by atoms with van der Waals surface area (Å²) in [5, 5.41) is 0. The summed E-state index contributed by atoms with van der Waals surface area (Å²) in [6.45, 7) is 0. The summed E-state index contributed by atoms with van der Waals surface area (Å²) >= 11 is 0. The Kier molecular flexibility index (Phi) is 20.1. The highest BCUT2D eigenvalue weighted by atomic mass is 33.1. The van der Waals surface area contributed by atoms with Crippen molar-refractivity contribution in [1.29, 1.82) is 0 Å². The van der Waals surface area contributed by atoms with Gasteiger partial charge in [-0.05, 0) is 25.7 Å². The highest BCUT2D eigenvalue weighted by Gasteiger charge is 2.26. The molecule has 0 saturated carbocycles. The van der Waals surface area contributed by atoms with Gasteiger partial charge < -0.3 is 0 Å². The minimum atomic E-state index is -4.00. The Labute approximate surface area is 187 Å². The van der Waals surface area contributed by atoms with Crippen LogP contribution in [0.1, 0.15) is 116 Å². The molecule has 0 rings (SSSR count). The second kappa shape index (κ2) is 19.9. The van der Waals surface area contributed by atoms with Crippen LogP contribution in [0.5, 0.6) is 0 Å². The van der Waals surface area contributed by atoms with Crippen LogP contribution in [0, 0.1) is 0 Å². The Morgan fingerprint density at radius 1 is 0.333 bits per heavy atom. The SMILES string of the molecule is FC(F)(F)CCCCCCCCCCSSCCCCCCCCCCC(F)(F)F. The molecule has 30 heavy (non-hydrogen) atoms. The maximum absolute atomic E-state index is 12.0. The van der Waals surface area contributed by atoms with Crippen LogP contribution in [0.25, 0.3) is 0 Å². The van der Waals surface area contributed by atoms with E-state index in [0.717, 1.165) is 50.0 Å². The fourth-order valence-corrected chi connectivity index (χ4v) is 5.51. The predicted molar refractivity (Wildman–Crippen MR) is 120 cm³/mol. The fraction of sp³-hybridized carbons (Fsp3) is 1.00. The van der Waals surface area contributed by atoms with Crippen molar-refractivity contribution in [3.8, 4) is 0 Å². The van der Waals surface area contributed by atoms with E-state index >= 15 is 0 Å². The summed E-state index contributed by atoms with van der Waals surface area (Å²) in [5.41, 5.74) is 0. The van der Waals surface area contributed by atoms with Crippen molar-refractivity contribution in [2.75, 3.05) is 11.5 Å². The van der Waals surface area contributed by atoms with E-state index < -0.39 is 25.2 Å². The van der Waals surface area contributed by atoms with E-state index in [2.05, 4.69) is 0 Å². The molecule has 0 N–H and O–H groups in total. The van der Waals surface area contributed by atoms with Crippen LogP contribution in [-0.4, -0.2) is 23.9 Å². The molecule has 0 aromatic heterocycles. The highest BCUT2D eigenvalue weighted by Crippen LogP contribution is 2.26. The van der Waals surface area contributed by atoms with Gasteiger partial charge in [-0.25, -0.2) is 0 Å². The monoisotopic (exact) mass is 482 g/mol. The van der Waals surface area contributed by atoms with Crippen LogP contribution >= 0.6 is 21.6 Å². The maximum Gasteiger partial charge on any atom is 0.389 e. The molecule has 0 saturated heterocycles. The molecule has 0 atom stereocenters. The third-order valence-corrected chi connectivity index (χ3v) is 7.54. The van der Waals surface area contributed by atoms with E-state index in [0.29, 0.717) is 12.8 Å². The number of alkyl halides is 6. The van der Waals surface area contributed by atoms with E-state index in [1.807, 2.05) is 21.6 Å². The second-order valence-corrected chi connectivity index (χ2v) is 10.7. The summed E-state index contributed by atoms with van der Waals surface area (Å²) in [6, 6.07) is 0. The lowest BCUT2D eigenvalue weighted by Gasteiger charge is -2.06. The molecule has 0 radical (unpaired) electrons. The molecule has 0 aliphatic carbocycles. The predicted octanol–water partition coefficient (Wildman–Crippen LogP) is 10.5. The van der Waals surface area contributed by atoms with Gasteiger partial charge in [0.05, 0.1) is 0 Å². The Morgan fingerprint density at radius 3 is 0.833 bits per heavy atom. The fourth-order valence-electron chi connectivity index (χ4n) is 3.21. The van der Waals surface area contributed by atoms with Crippen LogP contribution in [0.3, 0.4) is 0 Å². The molecule has 0 bridgehead atoms. The molecule has 0 aromatic rings. The average Bonchev–Trinajstić information content (AvgIpc) is 2.64. The second-order valence-electron chi connectivity index (χ2n) is 8.03. The van der Waals surface area contributed by atoms with Gasteiger partial charge in [-0.2, -0.15) is 26.3 Å². The Hall–Kier alpha value is 0.280. The van der Waals surface area contributed by atoms with Gasteiger partial charge in [0, 0.05) is 24.3 Å². The van der Waals surface area contributed by atoms with Crippen molar-refractivity contribution in [1.82, 2.24) is 0 Å². The molecular formula is C22H40F6S2. The normalized spacial score (nSPS) is 12.6. The molecule has 0 nitrogen and oxygen atoms in total. The smallest absolute Gasteiger partial charge is 0.171 e. The number of hydrogen-bond donors (Lipinski definition) is 0. The third-order valence-electron chi connectivity index (χ3n) is 4.96. The minimum absolute atomic E-state index is 0.267. The van der Waals surface area contributed by atoms with Gasteiger partial charge in [0.1, 0.15) is 0 Å². The molecule has 0 spiro atoms.